The molecule has 4 saturated carbocycles. The van der Waals surface area contributed by atoms with Crippen LogP contribution in [0.25, 0.3) is 0 Å². The van der Waals surface area contributed by atoms with E-state index in [1.807, 2.05) is 13.0 Å². The summed E-state index contributed by atoms with van der Waals surface area (Å²) in [6.45, 7) is 16.6. The first-order valence-electron chi connectivity index (χ1n) is 14.1. The van der Waals surface area contributed by atoms with E-state index < -0.39 is 29.5 Å². The SMILES string of the molecule is CC(C)(C=CC[C@](C)(O)[C@H]1CC[C@@]2(C)[C@@H]1[C@H](O)C[C@@H]1[C@@]3(C)CC[C@H](O)C(C)(C)C3[C@@H](O)C[C@]12C)OO. The van der Waals surface area contributed by atoms with Crippen LogP contribution in [0.3, 0.4) is 0 Å². The van der Waals surface area contributed by atoms with Crippen molar-refractivity contribution in [1.82, 2.24) is 0 Å². The van der Waals surface area contributed by atoms with Crippen LogP contribution < -0.4 is 0 Å². The molecule has 0 radical (unpaired) electrons. The summed E-state index contributed by atoms with van der Waals surface area (Å²) >= 11 is 0. The second-order valence-corrected chi connectivity index (χ2v) is 15.2. The third-order valence-corrected chi connectivity index (χ3v) is 12.3. The molecule has 4 aliphatic carbocycles. The lowest BCUT2D eigenvalue weighted by Crippen LogP contribution is -2.69. The first-order valence-corrected chi connectivity index (χ1v) is 14.1. The quantitative estimate of drug-likeness (QED) is 0.204. The summed E-state index contributed by atoms with van der Waals surface area (Å²) in [7, 11) is 0. The second-order valence-electron chi connectivity index (χ2n) is 15.2. The lowest BCUT2D eigenvalue weighted by molar-refractivity contribution is -0.297. The van der Waals surface area contributed by atoms with Gasteiger partial charge in [0.2, 0.25) is 0 Å². The highest BCUT2D eigenvalue weighted by molar-refractivity contribution is 5.21. The van der Waals surface area contributed by atoms with Crippen LogP contribution >= 0.6 is 0 Å². The van der Waals surface area contributed by atoms with Gasteiger partial charge in [0.25, 0.3) is 0 Å². The van der Waals surface area contributed by atoms with Crippen molar-refractivity contribution in [2.24, 2.45) is 45.3 Å². The predicted molar refractivity (Wildman–Crippen MR) is 140 cm³/mol. The van der Waals surface area contributed by atoms with Crippen LogP contribution in [-0.2, 0) is 4.89 Å². The summed E-state index contributed by atoms with van der Waals surface area (Å²) in [5.74, 6) is 0.110. The van der Waals surface area contributed by atoms with E-state index in [-0.39, 0.29) is 45.3 Å². The van der Waals surface area contributed by atoms with Gasteiger partial charge in [-0.15, -0.1) is 0 Å². The maximum atomic E-state index is 11.8. The molecule has 11 atom stereocenters. The number of rotatable bonds is 5. The van der Waals surface area contributed by atoms with Crippen LogP contribution in [0.5, 0.6) is 0 Å². The normalized spacial score (nSPS) is 50.3. The number of aliphatic hydroxyl groups is 4. The van der Waals surface area contributed by atoms with Crippen LogP contribution in [0.15, 0.2) is 12.2 Å². The lowest BCUT2D eigenvalue weighted by atomic mass is 9.34. The maximum Gasteiger partial charge on any atom is 0.116 e. The Bertz CT molecular complexity index is 866. The summed E-state index contributed by atoms with van der Waals surface area (Å²) in [6.07, 6.45) is 7.30. The van der Waals surface area contributed by atoms with Gasteiger partial charge >= 0.3 is 0 Å². The fourth-order valence-corrected chi connectivity index (χ4v) is 10.4. The highest BCUT2D eigenvalue weighted by atomic mass is 17.1. The molecule has 0 spiro atoms. The van der Waals surface area contributed by atoms with Crippen molar-refractivity contribution in [3.63, 3.8) is 0 Å². The summed E-state index contributed by atoms with van der Waals surface area (Å²) in [6, 6.07) is 0. The van der Waals surface area contributed by atoms with E-state index in [4.69, 9.17) is 5.26 Å². The number of hydrogen-bond acceptors (Lipinski definition) is 6. The zero-order chi connectivity index (χ0) is 27.1. The van der Waals surface area contributed by atoms with E-state index in [1.165, 1.54) is 0 Å². The van der Waals surface area contributed by atoms with Crippen molar-refractivity contribution < 1.29 is 30.6 Å². The molecular weight excluding hydrogens is 456 g/mol. The number of aliphatic hydroxyl groups excluding tert-OH is 3. The molecule has 6 nitrogen and oxygen atoms in total. The van der Waals surface area contributed by atoms with Crippen molar-refractivity contribution in [3.05, 3.63) is 12.2 Å². The van der Waals surface area contributed by atoms with E-state index >= 15 is 0 Å². The fraction of sp³-hybridized carbons (Fsp3) is 0.933. The molecule has 0 aromatic heterocycles. The maximum absolute atomic E-state index is 11.8. The van der Waals surface area contributed by atoms with Gasteiger partial charge in [0.05, 0.1) is 23.9 Å². The molecule has 0 aliphatic heterocycles. The van der Waals surface area contributed by atoms with Gasteiger partial charge in [0.1, 0.15) is 5.60 Å². The lowest BCUT2D eigenvalue weighted by Gasteiger charge is -2.71. The van der Waals surface area contributed by atoms with Gasteiger partial charge in [0.15, 0.2) is 0 Å². The standard InChI is InChI=1S/C30H52O6/c1-25(2,36-35)12-9-13-30(8,34)18-10-15-28(6)23(18)19(31)16-21-27(5)14-11-22(33)26(3,4)24(27)20(32)17-29(21,28)7/h9,12,18-24,31-35H,10-11,13-17H2,1-8H3/t18-,19+,20-,21+,22-,23-,24?,27+,28-,29+,30-/m0/s1. The Balaban J connectivity index is 1.67. The highest BCUT2D eigenvalue weighted by Gasteiger charge is 2.72. The average molecular weight is 509 g/mol. The number of hydrogen-bond donors (Lipinski definition) is 5. The Labute approximate surface area is 218 Å². The Hall–Kier alpha value is -0.500. The largest absolute Gasteiger partial charge is 0.393 e. The molecule has 4 rings (SSSR count). The van der Waals surface area contributed by atoms with E-state index in [2.05, 4.69) is 39.5 Å². The van der Waals surface area contributed by atoms with E-state index in [1.54, 1.807) is 19.9 Å². The van der Waals surface area contributed by atoms with Gasteiger partial charge in [-0.3, -0.25) is 5.26 Å². The van der Waals surface area contributed by atoms with E-state index in [0.717, 1.165) is 25.7 Å². The fourth-order valence-electron chi connectivity index (χ4n) is 10.4. The minimum absolute atomic E-state index is 0.0123. The van der Waals surface area contributed by atoms with Crippen LogP contribution in [0, 0.1) is 45.3 Å². The van der Waals surface area contributed by atoms with Gasteiger partial charge in [-0.05, 0) is 111 Å². The molecule has 4 aliphatic rings. The average Bonchev–Trinajstić information content (AvgIpc) is 3.13. The Morgan fingerprint density at radius 1 is 0.917 bits per heavy atom. The van der Waals surface area contributed by atoms with Gasteiger partial charge in [-0.2, -0.15) is 0 Å². The smallest absolute Gasteiger partial charge is 0.116 e. The highest BCUT2D eigenvalue weighted by Crippen LogP contribution is 2.75. The molecule has 6 heteroatoms. The molecule has 36 heavy (non-hydrogen) atoms. The molecular formula is C30H52O6. The third-order valence-electron chi connectivity index (χ3n) is 12.3. The molecule has 0 aromatic rings. The van der Waals surface area contributed by atoms with Crippen molar-refractivity contribution in [1.29, 1.82) is 0 Å². The van der Waals surface area contributed by atoms with Gasteiger partial charge in [0, 0.05) is 0 Å². The molecule has 4 fully saturated rings. The summed E-state index contributed by atoms with van der Waals surface area (Å²) in [5.41, 5.74) is -2.76. The van der Waals surface area contributed by atoms with Crippen molar-refractivity contribution in [3.8, 4) is 0 Å². The second kappa shape index (κ2) is 8.76. The summed E-state index contributed by atoms with van der Waals surface area (Å²) < 4.78 is 0. The van der Waals surface area contributed by atoms with Crippen LogP contribution in [0.4, 0.5) is 0 Å². The molecule has 0 heterocycles. The van der Waals surface area contributed by atoms with Crippen LogP contribution in [0.2, 0.25) is 0 Å². The van der Waals surface area contributed by atoms with E-state index in [0.29, 0.717) is 19.3 Å². The first-order chi connectivity index (χ1) is 16.4. The monoisotopic (exact) mass is 508 g/mol. The molecule has 208 valence electrons. The topological polar surface area (TPSA) is 110 Å². The third kappa shape index (κ3) is 3.96. The minimum Gasteiger partial charge on any atom is -0.393 e. The Kier molecular flexibility index (Phi) is 6.93. The molecule has 0 bridgehead atoms. The molecule has 1 unspecified atom stereocenters. The zero-order valence-corrected chi connectivity index (χ0v) is 23.8. The van der Waals surface area contributed by atoms with Crippen molar-refractivity contribution in [2.75, 3.05) is 0 Å². The van der Waals surface area contributed by atoms with Crippen molar-refractivity contribution >= 4 is 0 Å². The van der Waals surface area contributed by atoms with E-state index in [9.17, 15) is 20.4 Å². The Morgan fingerprint density at radius 3 is 2.17 bits per heavy atom. The van der Waals surface area contributed by atoms with Crippen LogP contribution in [0.1, 0.15) is 100 Å². The van der Waals surface area contributed by atoms with Gasteiger partial charge < -0.3 is 20.4 Å². The van der Waals surface area contributed by atoms with Crippen molar-refractivity contribution in [2.45, 2.75) is 130 Å². The summed E-state index contributed by atoms with van der Waals surface area (Å²) in [4.78, 5) is 4.51. The first kappa shape index (κ1) is 28.5. The van der Waals surface area contributed by atoms with Crippen LogP contribution in [-0.4, -0.2) is 55.2 Å². The Morgan fingerprint density at radius 2 is 1.56 bits per heavy atom. The molecule has 0 saturated heterocycles. The molecule has 0 aromatic carbocycles. The molecule has 5 N–H and O–H groups in total. The zero-order valence-electron chi connectivity index (χ0n) is 23.8. The summed E-state index contributed by atoms with van der Waals surface area (Å²) in [5, 5.41) is 55.1. The minimum atomic E-state index is -1.01. The van der Waals surface area contributed by atoms with Gasteiger partial charge in [-0.1, -0.05) is 46.8 Å². The van der Waals surface area contributed by atoms with Gasteiger partial charge in [-0.25, -0.2) is 4.89 Å². The number of fused-ring (bicyclic) bond motifs is 5. The predicted octanol–water partition coefficient (Wildman–Crippen LogP) is 4.94. The molecule has 0 amide bonds.